The van der Waals surface area contributed by atoms with Gasteiger partial charge in [-0.1, -0.05) is 74.8 Å². The molecule has 1 atom stereocenters. The van der Waals surface area contributed by atoms with Crippen LogP contribution in [0.3, 0.4) is 0 Å². The lowest BCUT2D eigenvalue weighted by Gasteiger charge is -2.17. The molecule has 3 aromatic carbocycles. The zero-order valence-corrected chi connectivity index (χ0v) is 22.6. The number of benzene rings is 3. The maximum absolute atomic E-state index is 11.3. The Bertz CT molecular complexity index is 1570. The van der Waals surface area contributed by atoms with Crippen molar-refractivity contribution >= 4 is 39.9 Å². The molecule has 0 aliphatic heterocycles. The van der Waals surface area contributed by atoms with Gasteiger partial charge < -0.3 is 9.67 Å². The third-order valence-electron chi connectivity index (χ3n) is 6.55. The van der Waals surface area contributed by atoms with Crippen LogP contribution < -0.4 is 0 Å². The molecule has 37 heavy (non-hydrogen) atoms. The average molecular weight is 530 g/mol. The zero-order valence-electron chi connectivity index (χ0n) is 21.0. The van der Waals surface area contributed by atoms with E-state index in [2.05, 4.69) is 54.6 Å². The molecule has 5 nitrogen and oxygen atoms in total. The summed E-state index contributed by atoms with van der Waals surface area (Å²) in [5.41, 5.74) is 6.31. The quantitative estimate of drug-likeness (QED) is 0.222. The number of carboxylic acid groups (broad SMARTS) is 1. The topological polar surface area (TPSA) is 68.0 Å². The van der Waals surface area contributed by atoms with Gasteiger partial charge in [0.15, 0.2) is 5.69 Å². The summed E-state index contributed by atoms with van der Waals surface area (Å²) in [5.74, 6) is 0.601. The van der Waals surface area contributed by atoms with Gasteiger partial charge in [-0.2, -0.15) is 0 Å². The molecule has 0 fully saturated rings. The lowest BCUT2D eigenvalue weighted by atomic mass is 9.96. The highest BCUT2D eigenvalue weighted by Crippen LogP contribution is 2.33. The van der Waals surface area contributed by atoms with Crippen LogP contribution in [0.15, 0.2) is 72.1 Å². The minimum Gasteiger partial charge on any atom is -0.476 e. The number of nitrogens with zero attached hydrogens (tertiary/aromatic N) is 3. The molecule has 0 spiro atoms. The third-order valence-corrected chi connectivity index (χ3v) is 7.81. The Morgan fingerprint density at radius 3 is 2.46 bits per heavy atom. The molecule has 7 heteroatoms. The Morgan fingerprint density at radius 2 is 1.78 bits per heavy atom. The first kappa shape index (κ1) is 25.2. The van der Waals surface area contributed by atoms with Crippen LogP contribution in [0.2, 0.25) is 5.02 Å². The SMILES string of the molecule is CC(C)Cc1ccc(C(C)c2nc3cc(-c4nc(C(=O)O)cs4)ccc3n2Cc2ccccc2Cl)cc1. The van der Waals surface area contributed by atoms with Crippen LogP contribution in [0.25, 0.3) is 21.6 Å². The van der Waals surface area contributed by atoms with Crippen molar-refractivity contribution in [1.82, 2.24) is 14.5 Å². The summed E-state index contributed by atoms with van der Waals surface area (Å²) in [6, 6.07) is 22.7. The maximum atomic E-state index is 11.3. The minimum atomic E-state index is -1.02. The van der Waals surface area contributed by atoms with Crippen molar-refractivity contribution < 1.29 is 9.90 Å². The van der Waals surface area contributed by atoms with Crippen LogP contribution in [0.4, 0.5) is 0 Å². The summed E-state index contributed by atoms with van der Waals surface area (Å²) in [6.45, 7) is 7.25. The molecule has 1 unspecified atom stereocenters. The fourth-order valence-electron chi connectivity index (χ4n) is 4.64. The average Bonchev–Trinajstić information content (AvgIpc) is 3.51. The van der Waals surface area contributed by atoms with Gasteiger partial charge in [0.2, 0.25) is 0 Å². The lowest BCUT2D eigenvalue weighted by molar-refractivity contribution is 0.0691. The monoisotopic (exact) mass is 529 g/mol. The van der Waals surface area contributed by atoms with Crippen LogP contribution in [-0.2, 0) is 13.0 Å². The Kier molecular flexibility index (Phi) is 7.13. The number of hydrogen-bond donors (Lipinski definition) is 1. The van der Waals surface area contributed by atoms with Gasteiger partial charge in [-0.25, -0.2) is 14.8 Å². The first-order chi connectivity index (χ1) is 17.8. The van der Waals surface area contributed by atoms with E-state index in [-0.39, 0.29) is 11.6 Å². The molecule has 2 aromatic heterocycles. The standard InChI is InChI=1S/C30H28ClN3O2S/c1-18(2)14-20-8-10-21(11-9-20)19(3)28-32-25-15-22(29-33-26(17-37-29)30(35)36)12-13-27(25)34(28)16-23-6-4-5-7-24(23)31/h4-13,15,17-19H,14,16H2,1-3H3,(H,35,36). The predicted molar refractivity (Wildman–Crippen MR) is 151 cm³/mol. The molecule has 188 valence electrons. The van der Waals surface area contributed by atoms with Crippen LogP contribution in [0, 0.1) is 5.92 Å². The molecular weight excluding hydrogens is 502 g/mol. The van der Waals surface area contributed by atoms with Crippen LogP contribution in [0.5, 0.6) is 0 Å². The molecule has 0 saturated heterocycles. The van der Waals surface area contributed by atoms with E-state index in [4.69, 9.17) is 16.6 Å². The molecule has 0 aliphatic carbocycles. The summed E-state index contributed by atoms with van der Waals surface area (Å²) in [7, 11) is 0. The van der Waals surface area contributed by atoms with Crippen LogP contribution in [-0.4, -0.2) is 25.6 Å². The summed E-state index contributed by atoms with van der Waals surface area (Å²) in [5, 5.41) is 12.2. The molecule has 0 radical (unpaired) electrons. The number of imidazole rings is 1. The Balaban J connectivity index is 1.58. The molecule has 0 aliphatic rings. The number of rotatable bonds is 8. The number of fused-ring (bicyclic) bond motifs is 1. The zero-order chi connectivity index (χ0) is 26.1. The fraction of sp³-hybridized carbons (Fsp3) is 0.233. The summed E-state index contributed by atoms with van der Waals surface area (Å²) in [4.78, 5) is 20.7. The van der Waals surface area contributed by atoms with E-state index >= 15 is 0 Å². The summed E-state index contributed by atoms with van der Waals surface area (Å²) >= 11 is 7.86. The van der Waals surface area contributed by atoms with Crippen molar-refractivity contribution in [3.05, 3.63) is 105 Å². The van der Waals surface area contributed by atoms with Crippen molar-refractivity contribution in [2.75, 3.05) is 0 Å². The van der Waals surface area contributed by atoms with E-state index in [9.17, 15) is 9.90 Å². The van der Waals surface area contributed by atoms with E-state index in [1.54, 1.807) is 5.38 Å². The number of carbonyl (C=O) groups is 1. The molecule has 5 aromatic rings. The van der Waals surface area contributed by atoms with Crippen LogP contribution >= 0.6 is 22.9 Å². The van der Waals surface area contributed by atoms with Crippen molar-refractivity contribution in [2.24, 2.45) is 5.92 Å². The smallest absolute Gasteiger partial charge is 0.355 e. The normalized spacial score (nSPS) is 12.4. The Morgan fingerprint density at radius 1 is 1.03 bits per heavy atom. The van der Waals surface area contributed by atoms with Gasteiger partial charge in [0.05, 0.1) is 17.6 Å². The van der Waals surface area contributed by atoms with Crippen molar-refractivity contribution in [3.63, 3.8) is 0 Å². The Hall–Kier alpha value is -3.48. The van der Waals surface area contributed by atoms with Gasteiger partial charge in [0.25, 0.3) is 0 Å². The molecule has 2 heterocycles. The second-order valence-electron chi connectivity index (χ2n) is 9.76. The van der Waals surface area contributed by atoms with E-state index in [0.29, 0.717) is 17.5 Å². The van der Waals surface area contributed by atoms with Gasteiger partial charge >= 0.3 is 5.97 Å². The number of carboxylic acids is 1. The highest BCUT2D eigenvalue weighted by atomic mass is 35.5. The molecule has 5 rings (SSSR count). The molecular formula is C30H28ClN3O2S. The predicted octanol–water partition coefficient (Wildman–Crippen LogP) is 7.91. The highest BCUT2D eigenvalue weighted by Gasteiger charge is 2.20. The number of aromatic carboxylic acids is 1. The maximum Gasteiger partial charge on any atom is 0.355 e. The first-order valence-electron chi connectivity index (χ1n) is 12.3. The van der Waals surface area contributed by atoms with Gasteiger partial charge in [0, 0.05) is 21.9 Å². The van der Waals surface area contributed by atoms with Gasteiger partial charge in [-0.05, 0) is 53.3 Å². The van der Waals surface area contributed by atoms with Gasteiger partial charge in [0.1, 0.15) is 10.8 Å². The summed E-state index contributed by atoms with van der Waals surface area (Å²) < 4.78 is 2.23. The van der Waals surface area contributed by atoms with Crippen molar-refractivity contribution in [2.45, 2.75) is 39.7 Å². The van der Waals surface area contributed by atoms with E-state index in [1.807, 2.05) is 42.5 Å². The van der Waals surface area contributed by atoms with Crippen molar-refractivity contribution in [1.29, 1.82) is 0 Å². The van der Waals surface area contributed by atoms with E-state index < -0.39 is 5.97 Å². The first-order valence-corrected chi connectivity index (χ1v) is 13.6. The van der Waals surface area contributed by atoms with Crippen molar-refractivity contribution in [3.8, 4) is 10.6 Å². The molecule has 0 amide bonds. The van der Waals surface area contributed by atoms with Gasteiger partial charge in [-0.3, -0.25) is 0 Å². The largest absolute Gasteiger partial charge is 0.476 e. The number of thiazole rings is 1. The summed E-state index contributed by atoms with van der Waals surface area (Å²) in [6.07, 6.45) is 1.06. The second-order valence-corrected chi connectivity index (χ2v) is 11.0. The molecule has 0 saturated carbocycles. The van der Waals surface area contributed by atoms with E-state index in [1.165, 1.54) is 22.5 Å². The van der Waals surface area contributed by atoms with E-state index in [0.717, 1.165) is 39.4 Å². The number of halogens is 1. The second kappa shape index (κ2) is 10.5. The fourth-order valence-corrected chi connectivity index (χ4v) is 5.63. The third kappa shape index (κ3) is 5.31. The van der Waals surface area contributed by atoms with Crippen LogP contribution in [0.1, 0.15) is 59.7 Å². The molecule has 0 bridgehead atoms. The molecule has 1 N–H and O–H groups in total. The number of hydrogen-bond acceptors (Lipinski definition) is 4. The number of aromatic nitrogens is 3. The Labute approximate surface area is 225 Å². The highest BCUT2D eigenvalue weighted by molar-refractivity contribution is 7.13. The van der Waals surface area contributed by atoms with Gasteiger partial charge in [-0.15, -0.1) is 11.3 Å². The minimum absolute atomic E-state index is 0.0552. The lowest BCUT2D eigenvalue weighted by Crippen LogP contribution is -2.10.